The van der Waals surface area contributed by atoms with E-state index in [2.05, 4.69) is 11.8 Å². The molecule has 1 aliphatic carbocycles. The Labute approximate surface area is 130 Å². The van der Waals surface area contributed by atoms with Crippen molar-refractivity contribution in [2.24, 2.45) is 5.92 Å². The first-order valence-electron chi connectivity index (χ1n) is 7.84. The fourth-order valence-corrected chi connectivity index (χ4v) is 4.55. The number of fused-ring (bicyclic) bond motifs is 1. The van der Waals surface area contributed by atoms with Gasteiger partial charge in [0, 0.05) is 17.1 Å². The van der Waals surface area contributed by atoms with Gasteiger partial charge >= 0.3 is 5.97 Å². The zero-order chi connectivity index (χ0) is 15.0. The number of halogens is 1. The van der Waals surface area contributed by atoms with E-state index in [1.54, 1.807) is 0 Å². The van der Waals surface area contributed by atoms with E-state index in [0.717, 1.165) is 23.4 Å². The van der Waals surface area contributed by atoms with E-state index in [-0.39, 0.29) is 12.1 Å². The summed E-state index contributed by atoms with van der Waals surface area (Å²) in [6.07, 6.45) is 5.51. The van der Waals surface area contributed by atoms with E-state index in [1.165, 1.54) is 19.3 Å². The fourth-order valence-electron chi connectivity index (χ4n) is 4.26. The van der Waals surface area contributed by atoms with Gasteiger partial charge in [-0.05, 0) is 43.7 Å². The van der Waals surface area contributed by atoms with Crippen LogP contribution >= 0.6 is 11.6 Å². The number of hydrogen-bond acceptors (Lipinski definition) is 2. The molecular formula is C17H22ClNO2. The number of carboxylic acids is 1. The molecule has 21 heavy (non-hydrogen) atoms. The summed E-state index contributed by atoms with van der Waals surface area (Å²) in [6.45, 7) is 2.09. The molecule has 3 rings (SSSR count). The largest absolute Gasteiger partial charge is 0.480 e. The Bertz CT molecular complexity index is 533. The van der Waals surface area contributed by atoms with Gasteiger partial charge in [0.1, 0.15) is 6.04 Å². The Morgan fingerprint density at radius 1 is 1.33 bits per heavy atom. The van der Waals surface area contributed by atoms with Crippen molar-refractivity contribution in [2.75, 3.05) is 0 Å². The van der Waals surface area contributed by atoms with E-state index < -0.39 is 5.97 Å². The van der Waals surface area contributed by atoms with E-state index in [9.17, 15) is 9.90 Å². The predicted octanol–water partition coefficient (Wildman–Crippen LogP) is 4.12. The first kappa shape index (κ1) is 14.9. The number of carboxylic acid groups (broad SMARTS) is 1. The van der Waals surface area contributed by atoms with Gasteiger partial charge in [0.25, 0.3) is 0 Å². The van der Waals surface area contributed by atoms with Gasteiger partial charge in [0.05, 0.1) is 0 Å². The highest BCUT2D eigenvalue weighted by Gasteiger charge is 2.47. The molecule has 0 bridgehead atoms. The van der Waals surface area contributed by atoms with Crippen LogP contribution < -0.4 is 0 Å². The number of likely N-dealkylation sites (tertiary alicyclic amines) is 1. The van der Waals surface area contributed by atoms with Gasteiger partial charge in [0.2, 0.25) is 0 Å². The molecule has 1 saturated carbocycles. The first-order chi connectivity index (χ1) is 10.1. The molecule has 1 N–H and O–H groups in total. The molecule has 4 heteroatoms. The summed E-state index contributed by atoms with van der Waals surface area (Å²) < 4.78 is 0. The molecule has 0 spiro atoms. The van der Waals surface area contributed by atoms with Crippen LogP contribution in [0.4, 0.5) is 0 Å². The molecule has 0 amide bonds. The number of carbonyl (C=O) groups is 1. The molecule has 2 fully saturated rings. The SMILES string of the molecule is CC(c1ccccc1Cl)N1C(C(=O)O)CC2CCCCC21. The van der Waals surface area contributed by atoms with Crippen molar-refractivity contribution in [1.29, 1.82) is 0 Å². The summed E-state index contributed by atoms with van der Waals surface area (Å²) >= 11 is 6.33. The number of rotatable bonds is 3. The van der Waals surface area contributed by atoms with Gasteiger partial charge in [-0.25, -0.2) is 0 Å². The molecule has 1 aromatic rings. The highest BCUT2D eigenvalue weighted by molar-refractivity contribution is 6.31. The van der Waals surface area contributed by atoms with Crippen LogP contribution in [0.5, 0.6) is 0 Å². The van der Waals surface area contributed by atoms with Gasteiger partial charge in [-0.2, -0.15) is 0 Å². The maximum atomic E-state index is 11.7. The molecule has 4 unspecified atom stereocenters. The lowest BCUT2D eigenvalue weighted by Gasteiger charge is -2.37. The molecule has 1 heterocycles. The van der Waals surface area contributed by atoms with Crippen molar-refractivity contribution in [3.8, 4) is 0 Å². The van der Waals surface area contributed by atoms with E-state index >= 15 is 0 Å². The Kier molecular flexibility index (Phi) is 4.23. The smallest absolute Gasteiger partial charge is 0.320 e. The third-order valence-corrected chi connectivity index (χ3v) is 5.57. The van der Waals surface area contributed by atoms with Gasteiger partial charge < -0.3 is 5.11 Å². The number of nitrogens with zero attached hydrogens (tertiary/aromatic N) is 1. The average molecular weight is 308 g/mol. The van der Waals surface area contributed by atoms with Crippen molar-refractivity contribution in [3.05, 3.63) is 34.9 Å². The highest BCUT2D eigenvalue weighted by Crippen LogP contribution is 2.44. The minimum atomic E-state index is -0.691. The molecule has 1 aromatic carbocycles. The highest BCUT2D eigenvalue weighted by atomic mass is 35.5. The molecular weight excluding hydrogens is 286 g/mol. The minimum Gasteiger partial charge on any atom is -0.480 e. The minimum absolute atomic E-state index is 0.0490. The summed E-state index contributed by atoms with van der Waals surface area (Å²) in [4.78, 5) is 13.9. The summed E-state index contributed by atoms with van der Waals surface area (Å²) in [5.41, 5.74) is 1.04. The topological polar surface area (TPSA) is 40.5 Å². The van der Waals surface area contributed by atoms with Gasteiger partial charge in [-0.15, -0.1) is 0 Å². The summed E-state index contributed by atoms with van der Waals surface area (Å²) in [6, 6.07) is 7.87. The Morgan fingerprint density at radius 3 is 2.76 bits per heavy atom. The standard InChI is InChI=1S/C17H22ClNO2/c1-11(13-7-3-4-8-14(13)18)19-15-9-5-2-6-12(15)10-16(19)17(20)21/h3-4,7-8,11-12,15-16H,2,5-6,9-10H2,1H3,(H,20,21). The average Bonchev–Trinajstić information content (AvgIpc) is 2.86. The van der Waals surface area contributed by atoms with Crippen LogP contribution in [0.1, 0.15) is 50.6 Å². The number of aliphatic carboxylic acids is 1. The number of hydrogen-bond donors (Lipinski definition) is 1. The second-order valence-corrected chi connectivity index (χ2v) is 6.75. The van der Waals surface area contributed by atoms with Crippen molar-refractivity contribution in [1.82, 2.24) is 4.90 Å². The lowest BCUT2D eigenvalue weighted by atomic mass is 9.84. The third-order valence-electron chi connectivity index (χ3n) is 5.23. The van der Waals surface area contributed by atoms with Crippen LogP contribution in [-0.4, -0.2) is 28.1 Å². The second-order valence-electron chi connectivity index (χ2n) is 6.35. The second kappa shape index (κ2) is 5.98. The van der Waals surface area contributed by atoms with Gasteiger partial charge in [0.15, 0.2) is 0 Å². The molecule has 2 aliphatic rings. The molecule has 4 atom stereocenters. The lowest BCUT2D eigenvalue weighted by molar-refractivity contribution is -0.143. The van der Waals surface area contributed by atoms with Crippen molar-refractivity contribution in [2.45, 2.75) is 57.2 Å². The Balaban J connectivity index is 1.93. The van der Waals surface area contributed by atoms with Crippen molar-refractivity contribution in [3.63, 3.8) is 0 Å². The molecule has 1 aliphatic heterocycles. The van der Waals surface area contributed by atoms with Crippen LogP contribution in [0.25, 0.3) is 0 Å². The van der Waals surface area contributed by atoms with E-state index in [1.807, 2.05) is 24.3 Å². The predicted molar refractivity (Wildman–Crippen MR) is 83.5 cm³/mol. The van der Waals surface area contributed by atoms with Crippen molar-refractivity contribution >= 4 is 17.6 Å². The molecule has 0 radical (unpaired) electrons. The zero-order valence-electron chi connectivity index (χ0n) is 12.3. The van der Waals surface area contributed by atoms with Crippen molar-refractivity contribution < 1.29 is 9.90 Å². The molecule has 1 saturated heterocycles. The summed E-state index contributed by atoms with van der Waals surface area (Å²) in [7, 11) is 0. The lowest BCUT2D eigenvalue weighted by Crippen LogP contribution is -2.43. The molecule has 114 valence electrons. The summed E-state index contributed by atoms with van der Waals surface area (Å²) in [5.74, 6) is -0.159. The molecule has 0 aromatic heterocycles. The van der Waals surface area contributed by atoms with Crippen LogP contribution in [0.2, 0.25) is 5.02 Å². The third kappa shape index (κ3) is 2.69. The summed E-state index contributed by atoms with van der Waals surface area (Å²) in [5, 5.41) is 10.4. The Hall–Kier alpha value is -1.06. The maximum absolute atomic E-state index is 11.7. The number of benzene rings is 1. The Morgan fingerprint density at radius 2 is 2.05 bits per heavy atom. The quantitative estimate of drug-likeness (QED) is 0.913. The molecule has 3 nitrogen and oxygen atoms in total. The van der Waals surface area contributed by atoms with Crippen LogP contribution in [0.15, 0.2) is 24.3 Å². The first-order valence-corrected chi connectivity index (χ1v) is 8.22. The van der Waals surface area contributed by atoms with Crippen LogP contribution in [0.3, 0.4) is 0 Å². The maximum Gasteiger partial charge on any atom is 0.320 e. The fraction of sp³-hybridized carbons (Fsp3) is 0.588. The zero-order valence-corrected chi connectivity index (χ0v) is 13.1. The normalized spacial score (nSPS) is 30.9. The van der Waals surface area contributed by atoms with Crippen LogP contribution in [-0.2, 0) is 4.79 Å². The van der Waals surface area contributed by atoms with E-state index in [4.69, 9.17) is 11.6 Å². The van der Waals surface area contributed by atoms with Crippen LogP contribution in [0, 0.1) is 5.92 Å². The monoisotopic (exact) mass is 307 g/mol. The van der Waals surface area contributed by atoms with E-state index in [0.29, 0.717) is 12.0 Å². The van der Waals surface area contributed by atoms with Gasteiger partial charge in [-0.1, -0.05) is 42.6 Å². The van der Waals surface area contributed by atoms with Gasteiger partial charge in [-0.3, -0.25) is 9.69 Å².